The van der Waals surface area contributed by atoms with Gasteiger partial charge in [-0.2, -0.15) is 0 Å². The SMILES string of the molecule is Cc1c(C)c(S(=O)(=O)NC(=S)NCCO)c(C)c2c1OC(C)(C)CC2. The minimum Gasteiger partial charge on any atom is -0.487 e. The zero-order valence-electron chi connectivity index (χ0n) is 15.3. The van der Waals surface area contributed by atoms with Crippen LogP contribution >= 0.6 is 12.2 Å². The number of benzene rings is 1. The minimum atomic E-state index is -3.83. The smallest absolute Gasteiger partial charge is 0.264 e. The van der Waals surface area contributed by atoms with Crippen molar-refractivity contribution in [2.24, 2.45) is 0 Å². The van der Waals surface area contributed by atoms with E-state index in [9.17, 15) is 8.42 Å². The molecule has 0 saturated heterocycles. The van der Waals surface area contributed by atoms with E-state index in [4.69, 9.17) is 22.1 Å². The van der Waals surface area contributed by atoms with Gasteiger partial charge in [0.2, 0.25) is 0 Å². The van der Waals surface area contributed by atoms with Crippen molar-refractivity contribution in [1.82, 2.24) is 10.0 Å². The third-order valence-electron chi connectivity index (χ3n) is 4.56. The standard InChI is InChI=1S/C17H26N2O4S2/c1-10-11(2)15(25(21,22)19-16(24)18-8-9-20)12(3)13-6-7-17(4,5)23-14(10)13/h20H,6-9H2,1-5H3,(H2,18,19,24). The maximum Gasteiger partial charge on any atom is 0.264 e. The second kappa shape index (κ2) is 7.09. The molecule has 3 N–H and O–H groups in total. The molecule has 1 aromatic carbocycles. The summed E-state index contributed by atoms with van der Waals surface area (Å²) in [4.78, 5) is 0.250. The van der Waals surface area contributed by atoms with Crippen molar-refractivity contribution >= 4 is 27.4 Å². The summed E-state index contributed by atoms with van der Waals surface area (Å²) in [6.07, 6.45) is 1.59. The van der Waals surface area contributed by atoms with Crippen LogP contribution in [0.2, 0.25) is 0 Å². The molecule has 0 aliphatic carbocycles. The first-order valence-electron chi connectivity index (χ1n) is 8.23. The highest BCUT2D eigenvalue weighted by Gasteiger charge is 2.33. The van der Waals surface area contributed by atoms with E-state index in [0.29, 0.717) is 11.1 Å². The van der Waals surface area contributed by atoms with Gasteiger partial charge in [-0.3, -0.25) is 4.72 Å². The fourth-order valence-electron chi connectivity index (χ4n) is 3.13. The summed E-state index contributed by atoms with van der Waals surface area (Å²) >= 11 is 5.00. The fraction of sp³-hybridized carbons (Fsp3) is 0.588. The Hall–Kier alpha value is -1.38. The van der Waals surface area contributed by atoms with Crippen molar-refractivity contribution in [3.8, 4) is 5.75 Å². The molecular weight excluding hydrogens is 360 g/mol. The molecule has 1 heterocycles. The normalized spacial score (nSPS) is 15.9. The number of sulfonamides is 1. The molecule has 2 rings (SSSR count). The second-order valence-electron chi connectivity index (χ2n) is 6.96. The summed E-state index contributed by atoms with van der Waals surface area (Å²) in [7, 11) is -3.83. The molecule has 0 atom stereocenters. The van der Waals surface area contributed by atoms with E-state index in [1.165, 1.54) is 0 Å². The fourth-order valence-corrected chi connectivity index (χ4v) is 5.06. The van der Waals surface area contributed by atoms with Crippen LogP contribution in [0.15, 0.2) is 4.90 Å². The van der Waals surface area contributed by atoms with Crippen molar-refractivity contribution < 1.29 is 18.3 Å². The first-order chi connectivity index (χ1) is 11.5. The summed E-state index contributed by atoms with van der Waals surface area (Å²) in [6, 6.07) is 0. The molecule has 0 fully saturated rings. The van der Waals surface area contributed by atoms with E-state index in [1.807, 2.05) is 27.7 Å². The molecule has 140 valence electrons. The molecule has 0 saturated carbocycles. The Balaban J connectivity index is 2.50. The molecular formula is C17H26N2O4S2. The van der Waals surface area contributed by atoms with Gasteiger partial charge in [0, 0.05) is 6.54 Å². The number of thiocarbonyl (C=S) groups is 1. The van der Waals surface area contributed by atoms with Crippen LogP contribution in [0.1, 0.15) is 42.5 Å². The lowest BCUT2D eigenvalue weighted by atomic mass is 9.88. The quantitative estimate of drug-likeness (QED) is 0.685. The highest BCUT2D eigenvalue weighted by Crippen LogP contribution is 2.42. The summed E-state index contributed by atoms with van der Waals surface area (Å²) in [5.41, 5.74) is 2.88. The van der Waals surface area contributed by atoms with Gasteiger partial charge in [0.25, 0.3) is 10.0 Å². The van der Waals surface area contributed by atoms with E-state index in [1.54, 1.807) is 6.92 Å². The predicted molar refractivity (Wildman–Crippen MR) is 102 cm³/mol. The third-order valence-corrected chi connectivity index (χ3v) is 6.56. The van der Waals surface area contributed by atoms with Gasteiger partial charge >= 0.3 is 0 Å². The van der Waals surface area contributed by atoms with Crippen LogP contribution in [0.4, 0.5) is 0 Å². The Morgan fingerprint density at radius 3 is 2.48 bits per heavy atom. The Kier molecular flexibility index (Phi) is 5.65. The molecule has 0 bridgehead atoms. The first kappa shape index (κ1) is 19.9. The van der Waals surface area contributed by atoms with Crippen LogP contribution in [0.5, 0.6) is 5.75 Å². The highest BCUT2D eigenvalue weighted by atomic mass is 32.2. The average molecular weight is 387 g/mol. The largest absolute Gasteiger partial charge is 0.487 e. The molecule has 1 aromatic rings. The zero-order chi connectivity index (χ0) is 19.0. The number of aliphatic hydroxyl groups is 1. The number of aliphatic hydroxyl groups excluding tert-OH is 1. The Bertz CT molecular complexity index is 802. The van der Waals surface area contributed by atoms with E-state index >= 15 is 0 Å². The lowest BCUT2D eigenvalue weighted by molar-refractivity contribution is 0.0832. The monoisotopic (exact) mass is 386 g/mol. The van der Waals surface area contributed by atoms with Crippen molar-refractivity contribution in [2.45, 2.75) is 58.0 Å². The molecule has 1 aliphatic heterocycles. The zero-order valence-corrected chi connectivity index (χ0v) is 16.9. The Labute approximate surface area is 155 Å². The lowest BCUT2D eigenvalue weighted by Crippen LogP contribution is -2.41. The van der Waals surface area contributed by atoms with Gasteiger partial charge < -0.3 is 15.2 Å². The van der Waals surface area contributed by atoms with Crippen LogP contribution in [0.25, 0.3) is 0 Å². The molecule has 0 aromatic heterocycles. The van der Waals surface area contributed by atoms with E-state index in [0.717, 1.165) is 29.7 Å². The Morgan fingerprint density at radius 1 is 1.24 bits per heavy atom. The third kappa shape index (κ3) is 4.07. The van der Waals surface area contributed by atoms with E-state index in [-0.39, 0.29) is 28.8 Å². The van der Waals surface area contributed by atoms with Crippen molar-refractivity contribution in [3.05, 3.63) is 22.3 Å². The number of nitrogens with one attached hydrogen (secondary N) is 2. The molecule has 1 aliphatic rings. The maximum absolute atomic E-state index is 12.9. The van der Waals surface area contributed by atoms with Gasteiger partial charge in [-0.05, 0) is 81.9 Å². The van der Waals surface area contributed by atoms with Gasteiger partial charge in [0.15, 0.2) is 5.11 Å². The average Bonchev–Trinajstić information content (AvgIpc) is 2.49. The molecule has 0 radical (unpaired) electrons. The van der Waals surface area contributed by atoms with Crippen LogP contribution in [0, 0.1) is 20.8 Å². The summed E-state index contributed by atoms with van der Waals surface area (Å²) in [5, 5.41) is 11.4. The van der Waals surface area contributed by atoms with E-state index < -0.39 is 10.0 Å². The predicted octanol–water partition coefficient (Wildman–Crippen LogP) is 1.86. The minimum absolute atomic E-state index is 0.0272. The maximum atomic E-state index is 12.9. The Morgan fingerprint density at radius 2 is 1.88 bits per heavy atom. The molecule has 25 heavy (non-hydrogen) atoms. The number of hydrogen-bond acceptors (Lipinski definition) is 5. The summed E-state index contributed by atoms with van der Waals surface area (Å²) in [5.74, 6) is 0.797. The van der Waals surface area contributed by atoms with Crippen LogP contribution < -0.4 is 14.8 Å². The van der Waals surface area contributed by atoms with Gasteiger partial charge in [0.1, 0.15) is 11.4 Å². The summed E-state index contributed by atoms with van der Waals surface area (Å²) in [6.45, 7) is 9.61. The molecule has 0 amide bonds. The molecule has 6 nitrogen and oxygen atoms in total. The second-order valence-corrected chi connectivity index (χ2v) is 8.99. The summed E-state index contributed by atoms with van der Waals surface area (Å²) < 4.78 is 34.3. The van der Waals surface area contributed by atoms with Gasteiger partial charge in [-0.15, -0.1) is 0 Å². The van der Waals surface area contributed by atoms with Gasteiger partial charge in [0.05, 0.1) is 11.5 Å². The number of fused-ring (bicyclic) bond motifs is 1. The number of ether oxygens (including phenoxy) is 1. The molecule has 8 heteroatoms. The topological polar surface area (TPSA) is 87.7 Å². The van der Waals surface area contributed by atoms with Gasteiger partial charge in [-0.25, -0.2) is 8.42 Å². The lowest BCUT2D eigenvalue weighted by Gasteiger charge is -2.35. The van der Waals surface area contributed by atoms with Crippen LogP contribution in [-0.4, -0.2) is 37.4 Å². The van der Waals surface area contributed by atoms with Crippen LogP contribution in [-0.2, 0) is 16.4 Å². The van der Waals surface area contributed by atoms with E-state index in [2.05, 4.69) is 10.0 Å². The van der Waals surface area contributed by atoms with Crippen molar-refractivity contribution in [3.63, 3.8) is 0 Å². The molecule has 0 unspecified atom stereocenters. The first-order valence-corrected chi connectivity index (χ1v) is 10.1. The van der Waals surface area contributed by atoms with Crippen molar-refractivity contribution in [1.29, 1.82) is 0 Å². The highest BCUT2D eigenvalue weighted by molar-refractivity contribution is 7.92. The number of hydrogen-bond donors (Lipinski definition) is 3. The van der Waals surface area contributed by atoms with Crippen LogP contribution in [0.3, 0.4) is 0 Å². The van der Waals surface area contributed by atoms with Gasteiger partial charge in [-0.1, -0.05) is 0 Å². The number of rotatable bonds is 4. The van der Waals surface area contributed by atoms with Crippen molar-refractivity contribution in [2.75, 3.05) is 13.2 Å². The molecule has 0 spiro atoms.